The Bertz CT molecular complexity index is 289. The number of carbonyl (C=O) groups is 1. The minimum atomic E-state index is -0.313. The molecule has 2 heterocycles. The van der Waals surface area contributed by atoms with Crippen molar-refractivity contribution in [3.63, 3.8) is 0 Å². The molecule has 4 nitrogen and oxygen atoms in total. The summed E-state index contributed by atoms with van der Waals surface area (Å²) < 4.78 is 0. The maximum atomic E-state index is 12.3. The van der Waals surface area contributed by atoms with E-state index in [0.717, 1.165) is 25.9 Å². The Labute approximate surface area is 110 Å². The summed E-state index contributed by atoms with van der Waals surface area (Å²) in [6, 6.07) is 0.271. The highest BCUT2D eigenvalue weighted by atomic mass is 16.2. The Morgan fingerprint density at radius 3 is 2.61 bits per heavy atom. The number of amides is 1. The van der Waals surface area contributed by atoms with Crippen molar-refractivity contribution in [3.05, 3.63) is 0 Å². The van der Waals surface area contributed by atoms with Crippen molar-refractivity contribution in [2.45, 2.75) is 51.6 Å². The zero-order chi connectivity index (χ0) is 13.1. The average Bonchev–Trinajstić information content (AvgIpc) is 3.05. The van der Waals surface area contributed by atoms with Crippen molar-refractivity contribution in [1.82, 2.24) is 9.80 Å². The van der Waals surface area contributed by atoms with E-state index >= 15 is 0 Å². The van der Waals surface area contributed by atoms with E-state index in [1.54, 1.807) is 0 Å². The number of rotatable bonds is 4. The van der Waals surface area contributed by atoms with Gasteiger partial charge in [-0.15, -0.1) is 0 Å². The number of carbonyl (C=O) groups excluding carboxylic acids is 1. The Morgan fingerprint density at radius 1 is 1.33 bits per heavy atom. The summed E-state index contributed by atoms with van der Waals surface area (Å²) in [6.45, 7) is 8.37. The van der Waals surface area contributed by atoms with Crippen molar-refractivity contribution < 1.29 is 4.79 Å². The molecule has 2 N–H and O–H groups in total. The molecule has 0 bridgehead atoms. The number of hydrogen-bond donors (Lipinski definition) is 1. The maximum Gasteiger partial charge on any atom is 0.239 e. The lowest BCUT2D eigenvalue weighted by molar-refractivity contribution is -0.132. The van der Waals surface area contributed by atoms with E-state index < -0.39 is 0 Å². The summed E-state index contributed by atoms with van der Waals surface area (Å²) in [5.74, 6) is 0.439. The van der Waals surface area contributed by atoms with E-state index in [4.69, 9.17) is 5.73 Å². The molecule has 2 fully saturated rings. The smallest absolute Gasteiger partial charge is 0.239 e. The fourth-order valence-corrected chi connectivity index (χ4v) is 3.05. The topological polar surface area (TPSA) is 49.6 Å². The van der Waals surface area contributed by atoms with Crippen LogP contribution in [0.3, 0.4) is 0 Å². The molecule has 104 valence electrons. The Balaban J connectivity index is 1.86. The second-order valence-corrected chi connectivity index (χ2v) is 5.88. The molecule has 18 heavy (non-hydrogen) atoms. The van der Waals surface area contributed by atoms with Gasteiger partial charge in [0.15, 0.2) is 0 Å². The number of nitrogens with zero attached hydrogens (tertiary/aromatic N) is 2. The van der Waals surface area contributed by atoms with Crippen LogP contribution >= 0.6 is 0 Å². The summed E-state index contributed by atoms with van der Waals surface area (Å²) in [4.78, 5) is 16.8. The summed E-state index contributed by atoms with van der Waals surface area (Å²) in [5.41, 5.74) is 6.05. The van der Waals surface area contributed by atoms with Gasteiger partial charge in [-0.05, 0) is 38.3 Å². The zero-order valence-corrected chi connectivity index (χ0v) is 11.8. The van der Waals surface area contributed by atoms with Crippen molar-refractivity contribution in [2.24, 2.45) is 11.7 Å². The van der Waals surface area contributed by atoms with E-state index in [9.17, 15) is 4.79 Å². The van der Waals surface area contributed by atoms with E-state index in [0.29, 0.717) is 6.04 Å². The van der Waals surface area contributed by atoms with E-state index in [2.05, 4.69) is 18.7 Å². The third-order valence-electron chi connectivity index (χ3n) is 4.67. The fourth-order valence-electron chi connectivity index (χ4n) is 3.05. The van der Waals surface area contributed by atoms with Gasteiger partial charge in [-0.1, -0.05) is 20.3 Å². The Morgan fingerprint density at radius 2 is 2.00 bits per heavy atom. The first kappa shape index (κ1) is 13.8. The minimum absolute atomic E-state index is 0.158. The van der Waals surface area contributed by atoms with Gasteiger partial charge in [0.2, 0.25) is 5.91 Å². The summed E-state index contributed by atoms with van der Waals surface area (Å²) in [6.07, 6.45) is 4.73. The summed E-state index contributed by atoms with van der Waals surface area (Å²) in [5, 5.41) is 0. The molecule has 0 aromatic carbocycles. The van der Waals surface area contributed by atoms with Crippen LogP contribution in [-0.4, -0.2) is 54.0 Å². The molecule has 0 aromatic heterocycles. The fraction of sp³-hybridized carbons (Fsp3) is 0.929. The predicted molar refractivity (Wildman–Crippen MR) is 73.2 cm³/mol. The van der Waals surface area contributed by atoms with E-state index in [1.165, 1.54) is 25.9 Å². The first-order chi connectivity index (χ1) is 8.63. The molecule has 2 rings (SSSR count). The summed E-state index contributed by atoms with van der Waals surface area (Å²) in [7, 11) is 0. The number of likely N-dealkylation sites (tertiary alicyclic amines) is 2. The molecule has 1 amide bonds. The molecular weight excluding hydrogens is 226 g/mol. The van der Waals surface area contributed by atoms with Crippen LogP contribution in [0.1, 0.15) is 39.5 Å². The van der Waals surface area contributed by atoms with Crippen molar-refractivity contribution in [2.75, 3.05) is 26.2 Å². The molecule has 2 saturated heterocycles. The molecule has 2 aliphatic rings. The third-order valence-corrected chi connectivity index (χ3v) is 4.67. The lowest BCUT2D eigenvalue weighted by Crippen LogP contribution is -2.47. The van der Waals surface area contributed by atoms with Gasteiger partial charge in [0.25, 0.3) is 0 Å². The zero-order valence-electron chi connectivity index (χ0n) is 11.8. The lowest BCUT2D eigenvalue weighted by atomic mass is 9.99. The maximum absolute atomic E-state index is 12.3. The molecule has 0 spiro atoms. The van der Waals surface area contributed by atoms with Crippen LogP contribution in [0.25, 0.3) is 0 Å². The van der Waals surface area contributed by atoms with Gasteiger partial charge >= 0.3 is 0 Å². The van der Waals surface area contributed by atoms with Crippen LogP contribution < -0.4 is 5.73 Å². The van der Waals surface area contributed by atoms with Crippen LogP contribution in [0, 0.1) is 5.92 Å². The van der Waals surface area contributed by atoms with Crippen LogP contribution in [0.2, 0.25) is 0 Å². The van der Waals surface area contributed by atoms with Gasteiger partial charge in [-0.25, -0.2) is 0 Å². The van der Waals surface area contributed by atoms with Gasteiger partial charge in [0.1, 0.15) is 0 Å². The van der Waals surface area contributed by atoms with Crippen molar-refractivity contribution in [3.8, 4) is 0 Å². The SMILES string of the molecule is CCC(C)[C@H](N)C(=O)N1CCC(N2CCCC2)C1. The molecule has 3 atom stereocenters. The Hall–Kier alpha value is -0.610. The summed E-state index contributed by atoms with van der Waals surface area (Å²) >= 11 is 0. The number of hydrogen-bond acceptors (Lipinski definition) is 3. The van der Waals surface area contributed by atoms with Crippen molar-refractivity contribution in [1.29, 1.82) is 0 Å². The largest absolute Gasteiger partial charge is 0.340 e. The predicted octanol–water partition coefficient (Wildman–Crippen LogP) is 1.06. The quantitative estimate of drug-likeness (QED) is 0.815. The highest BCUT2D eigenvalue weighted by molar-refractivity contribution is 5.82. The molecule has 0 aromatic rings. The normalized spacial score (nSPS) is 28.6. The first-order valence-electron chi connectivity index (χ1n) is 7.42. The molecule has 0 saturated carbocycles. The molecule has 2 unspecified atom stereocenters. The lowest BCUT2D eigenvalue weighted by Gasteiger charge is -2.26. The standard InChI is InChI=1S/C14H27N3O/c1-3-11(2)13(15)14(18)17-9-6-12(10-17)16-7-4-5-8-16/h11-13H,3-10,15H2,1-2H3/t11?,12?,13-/m0/s1. The van der Waals surface area contributed by atoms with Gasteiger partial charge in [0.05, 0.1) is 6.04 Å². The first-order valence-corrected chi connectivity index (χ1v) is 7.42. The molecule has 0 aliphatic carbocycles. The van der Waals surface area contributed by atoms with Gasteiger partial charge in [-0.3, -0.25) is 9.69 Å². The molecule has 4 heteroatoms. The second kappa shape index (κ2) is 6.02. The molecule has 2 aliphatic heterocycles. The molecular formula is C14H27N3O. The number of nitrogens with two attached hydrogens (primary N) is 1. The molecule has 0 radical (unpaired) electrons. The second-order valence-electron chi connectivity index (χ2n) is 5.88. The van der Waals surface area contributed by atoms with Gasteiger partial charge in [-0.2, -0.15) is 0 Å². The van der Waals surface area contributed by atoms with Crippen LogP contribution in [-0.2, 0) is 4.79 Å². The van der Waals surface area contributed by atoms with E-state index in [1.807, 2.05) is 4.90 Å². The van der Waals surface area contributed by atoms with E-state index in [-0.39, 0.29) is 17.9 Å². The monoisotopic (exact) mass is 253 g/mol. The minimum Gasteiger partial charge on any atom is -0.340 e. The van der Waals surface area contributed by atoms with Gasteiger partial charge < -0.3 is 10.6 Å². The highest BCUT2D eigenvalue weighted by Crippen LogP contribution is 2.21. The van der Waals surface area contributed by atoms with Crippen LogP contribution in [0.5, 0.6) is 0 Å². The van der Waals surface area contributed by atoms with Gasteiger partial charge in [0, 0.05) is 19.1 Å². The van der Waals surface area contributed by atoms with Crippen LogP contribution in [0.4, 0.5) is 0 Å². The average molecular weight is 253 g/mol. The third kappa shape index (κ3) is 2.86. The highest BCUT2D eigenvalue weighted by Gasteiger charge is 2.34. The Kier molecular flexibility index (Phi) is 4.62. The van der Waals surface area contributed by atoms with Crippen LogP contribution in [0.15, 0.2) is 0 Å². The van der Waals surface area contributed by atoms with Crippen molar-refractivity contribution >= 4 is 5.91 Å².